The van der Waals surface area contributed by atoms with Crippen LogP contribution in [-0.4, -0.2) is 17.6 Å². The van der Waals surface area contributed by atoms with Gasteiger partial charge in [-0.15, -0.1) is 0 Å². The van der Waals surface area contributed by atoms with Gasteiger partial charge in [-0.3, -0.25) is 0 Å². The lowest BCUT2D eigenvalue weighted by molar-refractivity contribution is 0.134. The second-order valence-corrected chi connectivity index (χ2v) is 4.06. The molecule has 1 aliphatic heterocycles. The largest absolute Gasteiger partial charge is 0.305 e. The minimum atomic E-state index is 0.719. The van der Waals surface area contributed by atoms with E-state index in [0.717, 1.165) is 18.3 Å². The van der Waals surface area contributed by atoms with Gasteiger partial charge in [0.15, 0.2) is 0 Å². The highest BCUT2D eigenvalue weighted by Crippen LogP contribution is 2.29. The van der Waals surface area contributed by atoms with E-state index in [0.29, 0.717) is 0 Å². The van der Waals surface area contributed by atoms with Crippen molar-refractivity contribution in [1.29, 1.82) is 0 Å². The molecule has 0 radical (unpaired) electrons. The Morgan fingerprint density at radius 3 is 3.10 bits per heavy atom. The summed E-state index contributed by atoms with van der Waals surface area (Å²) in [6.45, 7) is 0.719. The minimum absolute atomic E-state index is 0.719. The molecule has 2 N–H and O–H groups in total. The summed E-state index contributed by atoms with van der Waals surface area (Å²) in [4.78, 5) is 4.49. The maximum Gasteiger partial charge on any atom is 0.0679 e. The summed E-state index contributed by atoms with van der Waals surface area (Å²) in [5.41, 5.74) is 0. The lowest BCUT2D eigenvalue weighted by Crippen LogP contribution is -2.04. The molecule has 1 unspecified atom stereocenters. The first kappa shape index (κ1) is 8.37. The zero-order valence-electron chi connectivity index (χ0n) is 6.21. The summed E-state index contributed by atoms with van der Waals surface area (Å²) in [5.74, 6) is 6.26. The normalized spacial score (nSPS) is 25.5. The summed E-state index contributed by atoms with van der Waals surface area (Å²) in [6, 6.07) is 0. The molecule has 0 amide bonds. The zero-order chi connectivity index (χ0) is 7.23. The van der Waals surface area contributed by atoms with Gasteiger partial charge in [-0.1, -0.05) is 0 Å². The van der Waals surface area contributed by atoms with Crippen molar-refractivity contribution in [3.8, 4) is 0 Å². The molecule has 10 heavy (non-hydrogen) atoms. The Bertz CT molecular complexity index is 83.7. The predicted octanol–water partition coefficient (Wildman–Crippen LogP) is 1.55. The zero-order valence-corrected chi connectivity index (χ0v) is 7.03. The van der Waals surface area contributed by atoms with E-state index in [-0.39, 0.29) is 0 Å². The summed E-state index contributed by atoms with van der Waals surface area (Å²) < 4.78 is 0. The smallest absolute Gasteiger partial charge is 0.0679 e. The van der Waals surface area contributed by atoms with Gasteiger partial charge in [0, 0.05) is 5.25 Å². The Morgan fingerprint density at radius 1 is 1.60 bits per heavy atom. The molecule has 60 valence electrons. The Balaban J connectivity index is 1.91. The average molecular weight is 161 g/mol. The van der Waals surface area contributed by atoms with Gasteiger partial charge >= 0.3 is 0 Å². The van der Waals surface area contributed by atoms with Crippen molar-refractivity contribution in [3.05, 3.63) is 0 Å². The van der Waals surface area contributed by atoms with Crippen molar-refractivity contribution in [2.24, 2.45) is 5.90 Å². The molecular formula is C7H15NOS. The monoisotopic (exact) mass is 161 g/mol. The Hall–Kier alpha value is 0.270. The third-order valence-electron chi connectivity index (χ3n) is 1.81. The molecule has 0 bridgehead atoms. The molecule has 1 rings (SSSR count). The van der Waals surface area contributed by atoms with Gasteiger partial charge < -0.3 is 4.84 Å². The van der Waals surface area contributed by atoms with Crippen molar-refractivity contribution >= 4 is 11.8 Å². The van der Waals surface area contributed by atoms with Crippen LogP contribution >= 0.6 is 11.8 Å². The Labute approximate surface area is 66.5 Å². The number of thioether (sulfide) groups is 1. The van der Waals surface area contributed by atoms with E-state index in [4.69, 9.17) is 5.90 Å². The SMILES string of the molecule is NOCCCC1CCCS1. The molecule has 0 aliphatic carbocycles. The van der Waals surface area contributed by atoms with E-state index < -0.39 is 0 Å². The van der Waals surface area contributed by atoms with Crippen LogP contribution in [0.3, 0.4) is 0 Å². The van der Waals surface area contributed by atoms with Gasteiger partial charge in [0.05, 0.1) is 6.61 Å². The second-order valence-electron chi connectivity index (χ2n) is 2.65. The molecule has 0 spiro atoms. The number of hydrogen-bond donors (Lipinski definition) is 1. The molecule has 0 aromatic rings. The molecule has 2 nitrogen and oxygen atoms in total. The molecule has 1 saturated heterocycles. The molecule has 0 aromatic heterocycles. The van der Waals surface area contributed by atoms with Gasteiger partial charge in [-0.05, 0) is 31.4 Å². The fourth-order valence-corrected chi connectivity index (χ4v) is 2.60. The fraction of sp³-hybridized carbons (Fsp3) is 1.00. The van der Waals surface area contributed by atoms with Crippen LogP contribution in [0.2, 0.25) is 0 Å². The van der Waals surface area contributed by atoms with Gasteiger partial charge in [0.25, 0.3) is 0 Å². The van der Waals surface area contributed by atoms with Crippen molar-refractivity contribution in [2.75, 3.05) is 12.4 Å². The van der Waals surface area contributed by atoms with E-state index in [1.54, 1.807) is 0 Å². The van der Waals surface area contributed by atoms with Gasteiger partial charge in [-0.2, -0.15) is 11.8 Å². The van der Waals surface area contributed by atoms with Crippen molar-refractivity contribution < 1.29 is 4.84 Å². The van der Waals surface area contributed by atoms with Crippen LogP contribution in [0.4, 0.5) is 0 Å². The van der Waals surface area contributed by atoms with Crippen LogP contribution in [0.1, 0.15) is 25.7 Å². The predicted molar refractivity (Wildman–Crippen MR) is 44.9 cm³/mol. The molecular weight excluding hydrogens is 146 g/mol. The highest BCUT2D eigenvalue weighted by Gasteiger charge is 2.14. The highest BCUT2D eigenvalue weighted by molar-refractivity contribution is 8.00. The second kappa shape index (κ2) is 4.99. The number of hydrogen-bond acceptors (Lipinski definition) is 3. The maximum absolute atomic E-state index is 4.91. The third kappa shape index (κ3) is 2.90. The van der Waals surface area contributed by atoms with E-state index in [1.165, 1.54) is 25.0 Å². The van der Waals surface area contributed by atoms with Crippen LogP contribution < -0.4 is 5.90 Å². The summed E-state index contributed by atoms with van der Waals surface area (Å²) in [5, 5.41) is 0.898. The lowest BCUT2D eigenvalue weighted by Gasteiger charge is -2.05. The fourth-order valence-electron chi connectivity index (χ4n) is 1.27. The van der Waals surface area contributed by atoms with Crippen LogP contribution in [0.25, 0.3) is 0 Å². The highest BCUT2D eigenvalue weighted by atomic mass is 32.2. The molecule has 1 heterocycles. The summed E-state index contributed by atoms with van der Waals surface area (Å²) in [7, 11) is 0. The van der Waals surface area contributed by atoms with Gasteiger partial charge in [0.2, 0.25) is 0 Å². The standard InChI is InChI=1S/C7H15NOS/c8-9-5-1-3-7-4-2-6-10-7/h7H,1-6,8H2. The first-order chi connectivity index (χ1) is 4.93. The number of rotatable bonds is 4. The van der Waals surface area contributed by atoms with E-state index >= 15 is 0 Å². The Morgan fingerprint density at radius 2 is 2.50 bits per heavy atom. The Kier molecular flexibility index (Phi) is 4.18. The molecule has 1 atom stereocenters. The molecule has 0 saturated carbocycles. The van der Waals surface area contributed by atoms with Crippen molar-refractivity contribution in [3.63, 3.8) is 0 Å². The number of nitrogens with two attached hydrogens (primary N) is 1. The van der Waals surface area contributed by atoms with Gasteiger partial charge in [0.1, 0.15) is 0 Å². The third-order valence-corrected chi connectivity index (χ3v) is 3.28. The van der Waals surface area contributed by atoms with E-state index in [2.05, 4.69) is 16.6 Å². The molecule has 3 heteroatoms. The van der Waals surface area contributed by atoms with Crippen LogP contribution in [0.5, 0.6) is 0 Å². The first-order valence-electron chi connectivity index (χ1n) is 3.87. The van der Waals surface area contributed by atoms with Crippen LogP contribution in [0, 0.1) is 0 Å². The molecule has 0 aromatic carbocycles. The van der Waals surface area contributed by atoms with Crippen LogP contribution in [-0.2, 0) is 4.84 Å². The van der Waals surface area contributed by atoms with E-state index in [1.807, 2.05) is 0 Å². The first-order valence-corrected chi connectivity index (χ1v) is 4.91. The topological polar surface area (TPSA) is 35.2 Å². The summed E-state index contributed by atoms with van der Waals surface area (Å²) >= 11 is 2.10. The van der Waals surface area contributed by atoms with Crippen LogP contribution in [0.15, 0.2) is 0 Å². The van der Waals surface area contributed by atoms with Gasteiger partial charge in [-0.25, -0.2) is 5.90 Å². The maximum atomic E-state index is 4.91. The molecule has 1 aliphatic rings. The minimum Gasteiger partial charge on any atom is -0.305 e. The van der Waals surface area contributed by atoms with Crippen molar-refractivity contribution in [2.45, 2.75) is 30.9 Å². The lowest BCUT2D eigenvalue weighted by atomic mass is 10.2. The summed E-state index contributed by atoms with van der Waals surface area (Å²) in [6.07, 6.45) is 5.20. The average Bonchev–Trinajstić information content (AvgIpc) is 2.41. The quantitative estimate of drug-likeness (QED) is 0.502. The van der Waals surface area contributed by atoms with Crippen molar-refractivity contribution in [1.82, 2.24) is 0 Å². The van der Waals surface area contributed by atoms with E-state index in [9.17, 15) is 0 Å². The molecule has 1 fully saturated rings.